The molecule has 0 spiro atoms. The number of nitrogens with one attached hydrogen (secondary N) is 2. The molecule has 0 bridgehead atoms. The first-order valence-corrected chi connectivity index (χ1v) is 6.89. The van der Waals surface area contributed by atoms with Crippen molar-refractivity contribution in [3.63, 3.8) is 0 Å². The van der Waals surface area contributed by atoms with Crippen LogP contribution >= 0.6 is 0 Å². The zero-order chi connectivity index (χ0) is 13.8. The minimum atomic E-state index is 0.979. The third kappa shape index (κ3) is 3.04. The zero-order valence-corrected chi connectivity index (χ0v) is 12.3. The van der Waals surface area contributed by atoms with Gasteiger partial charge in [-0.15, -0.1) is 0 Å². The van der Waals surface area contributed by atoms with Gasteiger partial charge in [-0.05, 0) is 58.0 Å². The Hall–Kier alpha value is -1.61. The van der Waals surface area contributed by atoms with Gasteiger partial charge in [-0.2, -0.15) is 0 Å². The second-order valence-electron chi connectivity index (χ2n) is 5.12. The van der Waals surface area contributed by atoms with Crippen LogP contribution in [0.15, 0.2) is 18.2 Å². The highest BCUT2D eigenvalue weighted by molar-refractivity contribution is 5.96. The fourth-order valence-electron chi connectivity index (χ4n) is 2.40. The van der Waals surface area contributed by atoms with Gasteiger partial charge in [0.25, 0.3) is 0 Å². The summed E-state index contributed by atoms with van der Waals surface area (Å²) in [4.78, 5) is 4.69. The highest BCUT2D eigenvalue weighted by Gasteiger charge is 2.08. The maximum absolute atomic E-state index is 4.69. The molecule has 0 aliphatic rings. The molecule has 0 unspecified atom stereocenters. The van der Waals surface area contributed by atoms with Crippen LogP contribution in [-0.2, 0) is 0 Å². The number of aryl methyl sites for hydroxylation is 3. The van der Waals surface area contributed by atoms with E-state index in [0.717, 1.165) is 30.7 Å². The summed E-state index contributed by atoms with van der Waals surface area (Å²) in [5.74, 6) is 0. The standard InChI is InChI=1S/C16H23N3/c1-11-6-7-12(2)16-15(11)14(10-13(3)19-16)18-9-5-8-17-4/h6-7,10,17H,5,8-9H2,1-4H3,(H,18,19). The summed E-state index contributed by atoms with van der Waals surface area (Å²) in [7, 11) is 1.99. The Morgan fingerprint density at radius 1 is 1.05 bits per heavy atom. The molecule has 102 valence electrons. The van der Waals surface area contributed by atoms with Crippen molar-refractivity contribution >= 4 is 16.6 Å². The van der Waals surface area contributed by atoms with E-state index in [0.29, 0.717) is 0 Å². The van der Waals surface area contributed by atoms with E-state index in [4.69, 9.17) is 0 Å². The molecule has 2 N–H and O–H groups in total. The Morgan fingerprint density at radius 2 is 1.79 bits per heavy atom. The molecule has 2 rings (SSSR count). The average molecular weight is 257 g/mol. The van der Waals surface area contributed by atoms with E-state index in [1.165, 1.54) is 22.2 Å². The molecule has 0 aliphatic carbocycles. The molecule has 0 amide bonds. The smallest absolute Gasteiger partial charge is 0.0757 e. The molecule has 0 saturated carbocycles. The molecule has 0 fully saturated rings. The molecule has 0 atom stereocenters. The topological polar surface area (TPSA) is 37.0 Å². The first-order valence-electron chi connectivity index (χ1n) is 6.89. The number of aromatic nitrogens is 1. The van der Waals surface area contributed by atoms with Crippen molar-refractivity contribution in [3.8, 4) is 0 Å². The number of pyridine rings is 1. The van der Waals surface area contributed by atoms with Crippen LogP contribution in [0.4, 0.5) is 5.69 Å². The molecule has 1 aromatic carbocycles. The van der Waals surface area contributed by atoms with Crippen molar-refractivity contribution in [2.24, 2.45) is 0 Å². The van der Waals surface area contributed by atoms with Gasteiger partial charge in [-0.25, -0.2) is 0 Å². The largest absolute Gasteiger partial charge is 0.384 e. The third-order valence-corrected chi connectivity index (χ3v) is 3.42. The van der Waals surface area contributed by atoms with Crippen molar-refractivity contribution in [2.75, 3.05) is 25.5 Å². The molecular weight excluding hydrogens is 234 g/mol. The zero-order valence-electron chi connectivity index (χ0n) is 12.3. The lowest BCUT2D eigenvalue weighted by Crippen LogP contribution is -2.13. The van der Waals surface area contributed by atoms with Crippen LogP contribution in [0.2, 0.25) is 0 Å². The summed E-state index contributed by atoms with van der Waals surface area (Å²) >= 11 is 0. The molecule has 1 heterocycles. The van der Waals surface area contributed by atoms with E-state index in [9.17, 15) is 0 Å². The molecule has 3 nitrogen and oxygen atoms in total. The van der Waals surface area contributed by atoms with E-state index in [2.05, 4.69) is 54.6 Å². The lowest BCUT2D eigenvalue weighted by Gasteiger charge is -2.14. The number of benzene rings is 1. The second-order valence-corrected chi connectivity index (χ2v) is 5.12. The summed E-state index contributed by atoms with van der Waals surface area (Å²) in [6, 6.07) is 6.47. The molecule has 0 saturated heterocycles. The van der Waals surface area contributed by atoms with Gasteiger partial charge in [-0.3, -0.25) is 4.98 Å². The Labute approximate surface area is 115 Å². The van der Waals surface area contributed by atoms with E-state index >= 15 is 0 Å². The van der Waals surface area contributed by atoms with Gasteiger partial charge < -0.3 is 10.6 Å². The van der Waals surface area contributed by atoms with E-state index in [1.807, 2.05) is 7.05 Å². The number of hydrogen-bond acceptors (Lipinski definition) is 3. The molecule has 2 aromatic rings. The monoisotopic (exact) mass is 257 g/mol. The van der Waals surface area contributed by atoms with E-state index in [1.54, 1.807) is 0 Å². The van der Waals surface area contributed by atoms with E-state index in [-0.39, 0.29) is 0 Å². The van der Waals surface area contributed by atoms with Crippen molar-refractivity contribution in [1.29, 1.82) is 0 Å². The van der Waals surface area contributed by atoms with Crippen LogP contribution < -0.4 is 10.6 Å². The molecule has 1 aromatic heterocycles. The second kappa shape index (κ2) is 6.02. The normalized spacial score (nSPS) is 10.9. The number of fused-ring (bicyclic) bond motifs is 1. The van der Waals surface area contributed by atoms with Gasteiger partial charge in [0.15, 0.2) is 0 Å². The maximum atomic E-state index is 4.69. The SMILES string of the molecule is CNCCCNc1cc(C)nc2c(C)ccc(C)c12. The average Bonchev–Trinajstić information content (AvgIpc) is 2.38. The van der Waals surface area contributed by atoms with Crippen LogP contribution in [0.1, 0.15) is 23.2 Å². The lowest BCUT2D eigenvalue weighted by molar-refractivity contribution is 0.748. The Morgan fingerprint density at radius 3 is 2.53 bits per heavy atom. The number of rotatable bonds is 5. The predicted octanol–water partition coefficient (Wildman–Crippen LogP) is 3.18. The summed E-state index contributed by atoms with van der Waals surface area (Å²) < 4.78 is 0. The Balaban J connectivity index is 2.39. The third-order valence-electron chi connectivity index (χ3n) is 3.42. The van der Waals surface area contributed by atoms with Crippen LogP contribution in [0.5, 0.6) is 0 Å². The summed E-state index contributed by atoms with van der Waals surface area (Å²) in [6.45, 7) is 8.34. The maximum Gasteiger partial charge on any atom is 0.0757 e. The molecular formula is C16H23N3. The van der Waals surface area contributed by atoms with Gasteiger partial charge in [-0.1, -0.05) is 12.1 Å². The van der Waals surface area contributed by atoms with Gasteiger partial charge >= 0.3 is 0 Å². The number of anilines is 1. The highest BCUT2D eigenvalue weighted by Crippen LogP contribution is 2.28. The first-order chi connectivity index (χ1) is 9.13. The minimum absolute atomic E-state index is 0.979. The Kier molecular flexibility index (Phi) is 4.38. The predicted molar refractivity (Wildman–Crippen MR) is 83.0 cm³/mol. The van der Waals surface area contributed by atoms with Crippen LogP contribution in [0.3, 0.4) is 0 Å². The Bertz CT molecular complexity index is 576. The fraction of sp³-hybridized carbons (Fsp3) is 0.438. The first kappa shape index (κ1) is 13.8. The van der Waals surface area contributed by atoms with E-state index < -0.39 is 0 Å². The highest BCUT2D eigenvalue weighted by atomic mass is 14.9. The van der Waals surface area contributed by atoms with Crippen LogP contribution in [0, 0.1) is 20.8 Å². The van der Waals surface area contributed by atoms with Crippen molar-refractivity contribution in [3.05, 3.63) is 35.0 Å². The molecule has 0 radical (unpaired) electrons. The van der Waals surface area contributed by atoms with Crippen molar-refractivity contribution in [2.45, 2.75) is 27.2 Å². The lowest BCUT2D eigenvalue weighted by atomic mass is 10.0. The summed E-state index contributed by atoms with van der Waals surface area (Å²) in [5, 5.41) is 7.98. The summed E-state index contributed by atoms with van der Waals surface area (Å²) in [6.07, 6.45) is 1.12. The van der Waals surface area contributed by atoms with Gasteiger partial charge in [0.05, 0.1) is 5.52 Å². The fourth-order valence-corrected chi connectivity index (χ4v) is 2.40. The minimum Gasteiger partial charge on any atom is -0.384 e. The van der Waals surface area contributed by atoms with Crippen LogP contribution in [0.25, 0.3) is 10.9 Å². The molecule has 0 aliphatic heterocycles. The van der Waals surface area contributed by atoms with Crippen LogP contribution in [-0.4, -0.2) is 25.1 Å². The summed E-state index contributed by atoms with van der Waals surface area (Å²) in [5.41, 5.74) is 5.92. The molecule has 19 heavy (non-hydrogen) atoms. The van der Waals surface area contributed by atoms with Crippen molar-refractivity contribution < 1.29 is 0 Å². The van der Waals surface area contributed by atoms with Gasteiger partial charge in [0, 0.05) is 23.3 Å². The number of nitrogens with zero attached hydrogens (tertiary/aromatic N) is 1. The van der Waals surface area contributed by atoms with Gasteiger partial charge in [0.2, 0.25) is 0 Å². The quantitative estimate of drug-likeness (QED) is 0.808. The molecule has 3 heteroatoms. The van der Waals surface area contributed by atoms with Crippen molar-refractivity contribution in [1.82, 2.24) is 10.3 Å². The number of hydrogen-bond donors (Lipinski definition) is 2. The van der Waals surface area contributed by atoms with Gasteiger partial charge in [0.1, 0.15) is 0 Å².